The van der Waals surface area contributed by atoms with Crippen LogP contribution in [0.5, 0.6) is 0 Å². The molecular weight excluding hydrogens is 226 g/mol. The first kappa shape index (κ1) is 14.7. The fraction of sp³-hybridized carbons (Fsp3) is 0.733. The van der Waals surface area contributed by atoms with E-state index in [-0.39, 0.29) is 0 Å². The van der Waals surface area contributed by atoms with E-state index in [0.717, 1.165) is 19.0 Å². The first-order valence-electron chi connectivity index (χ1n) is 6.73. The molecule has 0 aliphatic carbocycles. The maximum atomic E-state index is 3.54. The molecule has 2 heteroatoms. The molecule has 0 unspecified atom stereocenters. The molecule has 1 rings (SSSR count). The van der Waals surface area contributed by atoms with Crippen LogP contribution >= 0.6 is 11.3 Å². The van der Waals surface area contributed by atoms with E-state index in [1.165, 1.54) is 24.1 Å². The van der Waals surface area contributed by atoms with Gasteiger partial charge in [-0.3, -0.25) is 0 Å². The zero-order valence-electron chi connectivity index (χ0n) is 11.8. The molecule has 0 atom stereocenters. The number of aryl methyl sites for hydroxylation is 1. The Kier molecular flexibility index (Phi) is 6.21. The Bertz CT molecular complexity index is 288. The highest BCUT2D eigenvalue weighted by Crippen LogP contribution is 2.27. The highest BCUT2D eigenvalue weighted by molar-refractivity contribution is 7.09. The van der Waals surface area contributed by atoms with Crippen LogP contribution in [0.4, 0.5) is 0 Å². The van der Waals surface area contributed by atoms with Gasteiger partial charge in [0.1, 0.15) is 0 Å². The minimum absolute atomic E-state index is 0.452. The van der Waals surface area contributed by atoms with Crippen LogP contribution in [-0.4, -0.2) is 13.1 Å². The summed E-state index contributed by atoms with van der Waals surface area (Å²) in [5.41, 5.74) is 0.452. The summed E-state index contributed by atoms with van der Waals surface area (Å²) in [6.07, 6.45) is 3.79. The van der Waals surface area contributed by atoms with Crippen molar-refractivity contribution >= 4 is 11.3 Å². The molecule has 0 bridgehead atoms. The average molecular weight is 253 g/mol. The van der Waals surface area contributed by atoms with Gasteiger partial charge in [0.05, 0.1) is 0 Å². The number of thiophene rings is 1. The van der Waals surface area contributed by atoms with Crippen molar-refractivity contribution in [2.75, 3.05) is 13.1 Å². The summed E-state index contributed by atoms with van der Waals surface area (Å²) in [4.78, 5) is 1.52. The standard InChI is InChI=1S/C15H27NS/c1-13(2)12-16-10-9-15(3,4)8-7-14-6-5-11-17-14/h5-6,11,13,16H,7-10,12H2,1-4H3. The Morgan fingerprint density at radius 2 is 2.06 bits per heavy atom. The molecule has 0 radical (unpaired) electrons. The molecule has 1 aromatic rings. The molecule has 0 aliphatic heterocycles. The van der Waals surface area contributed by atoms with Crippen LogP contribution in [0.3, 0.4) is 0 Å². The normalized spacial score (nSPS) is 12.3. The molecule has 0 saturated carbocycles. The van der Waals surface area contributed by atoms with Crippen LogP contribution in [0.15, 0.2) is 17.5 Å². The van der Waals surface area contributed by atoms with E-state index in [1.807, 2.05) is 11.3 Å². The molecule has 1 N–H and O–H groups in total. The molecule has 1 aromatic heterocycles. The maximum absolute atomic E-state index is 3.54. The molecule has 0 aromatic carbocycles. The Balaban J connectivity index is 2.16. The van der Waals surface area contributed by atoms with E-state index in [4.69, 9.17) is 0 Å². The van der Waals surface area contributed by atoms with E-state index in [2.05, 4.69) is 50.5 Å². The van der Waals surface area contributed by atoms with Gasteiger partial charge in [0.2, 0.25) is 0 Å². The van der Waals surface area contributed by atoms with E-state index >= 15 is 0 Å². The van der Waals surface area contributed by atoms with Crippen molar-refractivity contribution in [3.63, 3.8) is 0 Å². The van der Waals surface area contributed by atoms with Crippen LogP contribution in [0, 0.1) is 11.3 Å². The number of nitrogens with one attached hydrogen (secondary N) is 1. The molecule has 0 spiro atoms. The number of hydrogen-bond donors (Lipinski definition) is 1. The summed E-state index contributed by atoms with van der Waals surface area (Å²) in [5.74, 6) is 0.754. The minimum atomic E-state index is 0.452. The van der Waals surface area contributed by atoms with Gasteiger partial charge in [-0.05, 0) is 55.1 Å². The quantitative estimate of drug-likeness (QED) is 0.679. The molecule has 0 amide bonds. The topological polar surface area (TPSA) is 12.0 Å². The van der Waals surface area contributed by atoms with Gasteiger partial charge in [0.15, 0.2) is 0 Å². The van der Waals surface area contributed by atoms with Crippen molar-refractivity contribution in [3.05, 3.63) is 22.4 Å². The van der Waals surface area contributed by atoms with Gasteiger partial charge in [-0.2, -0.15) is 0 Å². The lowest BCUT2D eigenvalue weighted by atomic mass is 9.84. The van der Waals surface area contributed by atoms with Crippen LogP contribution < -0.4 is 5.32 Å². The highest BCUT2D eigenvalue weighted by Gasteiger charge is 2.17. The van der Waals surface area contributed by atoms with Gasteiger partial charge in [-0.15, -0.1) is 11.3 Å². The van der Waals surface area contributed by atoms with Crippen LogP contribution in [0.1, 0.15) is 45.4 Å². The Morgan fingerprint density at radius 3 is 2.65 bits per heavy atom. The summed E-state index contributed by atoms with van der Waals surface area (Å²) in [5, 5.41) is 5.71. The predicted molar refractivity (Wildman–Crippen MR) is 78.7 cm³/mol. The van der Waals surface area contributed by atoms with Crippen LogP contribution in [0.2, 0.25) is 0 Å². The zero-order valence-corrected chi connectivity index (χ0v) is 12.6. The number of rotatable bonds is 8. The molecule has 0 aliphatic rings. The maximum Gasteiger partial charge on any atom is 0.00454 e. The minimum Gasteiger partial charge on any atom is -0.316 e. The van der Waals surface area contributed by atoms with Crippen LogP contribution in [0.25, 0.3) is 0 Å². The van der Waals surface area contributed by atoms with Gasteiger partial charge in [-0.1, -0.05) is 33.8 Å². The molecule has 17 heavy (non-hydrogen) atoms. The van der Waals surface area contributed by atoms with Gasteiger partial charge in [-0.25, -0.2) is 0 Å². The third-order valence-corrected chi connectivity index (χ3v) is 4.10. The lowest BCUT2D eigenvalue weighted by molar-refractivity contribution is 0.300. The summed E-state index contributed by atoms with van der Waals surface area (Å²) >= 11 is 1.88. The Labute approximate surface area is 111 Å². The van der Waals surface area contributed by atoms with E-state index in [9.17, 15) is 0 Å². The molecule has 1 heterocycles. The fourth-order valence-corrected chi connectivity index (χ4v) is 2.57. The molecule has 98 valence electrons. The third-order valence-electron chi connectivity index (χ3n) is 3.16. The highest BCUT2D eigenvalue weighted by atomic mass is 32.1. The lowest BCUT2D eigenvalue weighted by Crippen LogP contribution is -2.25. The van der Waals surface area contributed by atoms with E-state index in [1.54, 1.807) is 0 Å². The third kappa shape index (κ3) is 6.85. The van der Waals surface area contributed by atoms with Crippen molar-refractivity contribution in [2.24, 2.45) is 11.3 Å². The summed E-state index contributed by atoms with van der Waals surface area (Å²) < 4.78 is 0. The van der Waals surface area contributed by atoms with E-state index < -0.39 is 0 Å². The summed E-state index contributed by atoms with van der Waals surface area (Å²) in [7, 11) is 0. The van der Waals surface area contributed by atoms with Crippen molar-refractivity contribution in [1.82, 2.24) is 5.32 Å². The van der Waals surface area contributed by atoms with Crippen molar-refractivity contribution < 1.29 is 0 Å². The largest absolute Gasteiger partial charge is 0.316 e. The first-order chi connectivity index (χ1) is 7.99. The second kappa shape index (κ2) is 7.17. The first-order valence-corrected chi connectivity index (χ1v) is 7.61. The van der Waals surface area contributed by atoms with Gasteiger partial charge < -0.3 is 5.32 Å². The predicted octanol–water partition coefficient (Wildman–Crippen LogP) is 4.34. The van der Waals surface area contributed by atoms with Gasteiger partial charge in [0.25, 0.3) is 0 Å². The average Bonchev–Trinajstić information content (AvgIpc) is 2.74. The van der Waals surface area contributed by atoms with Crippen molar-refractivity contribution in [3.8, 4) is 0 Å². The van der Waals surface area contributed by atoms with Gasteiger partial charge in [0, 0.05) is 4.88 Å². The lowest BCUT2D eigenvalue weighted by Gasteiger charge is -2.24. The number of hydrogen-bond acceptors (Lipinski definition) is 2. The summed E-state index contributed by atoms with van der Waals surface area (Å²) in [6.45, 7) is 11.6. The van der Waals surface area contributed by atoms with Crippen LogP contribution in [-0.2, 0) is 6.42 Å². The Hall–Kier alpha value is -0.340. The molecule has 1 nitrogen and oxygen atoms in total. The monoisotopic (exact) mass is 253 g/mol. The fourth-order valence-electron chi connectivity index (χ4n) is 1.86. The second-order valence-electron chi connectivity index (χ2n) is 6.09. The smallest absolute Gasteiger partial charge is 0.00454 e. The molecular formula is C15H27NS. The van der Waals surface area contributed by atoms with E-state index in [0.29, 0.717) is 5.41 Å². The molecule has 0 fully saturated rings. The Morgan fingerprint density at radius 1 is 1.29 bits per heavy atom. The zero-order chi connectivity index (χ0) is 12.7. The molecule has 0 saturated heterocycles. The van der Waals surface area contributed by atoms with Gasteiger partial charge >= 0.3 is 0 Å². The second-order valence-corrected chi connectivity index (χ2v) is 7.12. The van der Waals surface area contributed by atoms with Crippen molar-refractivity contribution in [2.45, 2.75) is 47.0 Å². The van der Waals surface area contributed by atoms with Crippen molar-refractivity contribution in [1.29, 1.82) is 0 Å². The summed E-state index contributed by atoms with van der Waals surface area (Å²) in [6, 6.07) is 4.40. The SMILES string of the molecule is CC(C)CNCCC(C)(C)CCc1cccs1.